The van der Waals surface area contributed by atoms with Crippen molar-refractivity contribution >= 4 is 23.4 Å². The van der Waals surface area contributed by atoms with Gasteiger partial charge in [-0.2, -0.15) is 11.8 Å². The largest absolute Gasteiger partial charge is 0.348 e. The number of anilines is 1. The highest BCUT2D eigenvalue weighted by Crippen LogP contribution is 2.21. The van der Waals surface area contributed by atoms with Crippen molar-refractivity contribution in [2.45, 2.75) is 12.5 Å². The Morgan fingerprint density at radius 3 is 2.56 bits per heavy atom. The molecule has 18 heavy (non-hydrogen) atoms. The van der Waals surface area contributed by atoms with Gasteiger partial charge in [-0.25, -0.2) is 8.78 Å². The lowest BCUT2D eigenvalue weighted by Crippen LogP contribution is -2.34. The maximum Gasteiger partial charge on any atom is 0.251 e. The number of nitrogens with one attached hydrogen (secondary N) is 2. The summed E-state index contributed by atoms with van der Waals surface area (Å²) in [4.78, 5) is 11.8. The van der Waals surface area contributed by atoms with Gasteiger partial charge in [-0.15, -0.1) is 0 Å². The maximum absolute atomic E-state index is 13.4. The molecule has 1 amide bonds. The first-order valence-corrected chi connectivity index (χ1v) is 6.61. The molecule has 0 aliphatic carbocycles. The number of carbonyl (C=O) groups is 1. The van der Waals surface area contributed by atoms with Crippen LogP contribution >= 0.6 is 11.8 Å². The quantitative estimate of drug-likeness (QED) is 0.576. The van der Waals surface area contributed by atoms with Crippen LogP contribution in [0.25, 0.3) is 0 Å². The summed E-state index contributed by atoms with van der Waals surface area (Å²) in [5.41, 5.74) is 1.44. The van der Waals surface area contributed by atoms with Gasteiger partial charge in [0.2, 0.25) is 0 Å². The molecule has 0 radical (unpaired) electrons. The molecule has 98 valence electrons. The van der Waals surface area contributed by atoms with Crippen LogP contribution in [-0.2, 0) is 0 Å². The summed E-state index contributed by atoms with van der Waals surface area (Å²) in [6, 6.07) is 2.01. The highest BCUT2D eigenvalue weighted by Gasteiger charge is 2.20. The summed E-state index contributed by atoms with van der Waals surface area (Å²) in [6.45, 7) is 0. The number of benzene rings is 1. The van der Waals surface area contributed by atoms with Crippen molar-refractivity contribution in [3.63, 3.8) is 0 Å². The monoisotopic (exact) mass is 273 g/mol. The van der Waals surface area contributed by atoms with Gasteiger partial charge in [0.25, 0.3) is 5.91 Å². The van der Waals surface area contributed by atoms with Crippen LogP contribution in [0.3, 0.4) is 0 Å². The second kappa shape index (κ2) is 5.53. The van der Waals surface area contributed by atoms with E-state index in [1.165, 1.54) is 0 Å². The molecule has 7 heteroatoms. The molecular weight excluding hydrogens is 260 g/mol. The molecular formula is C11H13F2N3OS. The Bertz CT molecular complexity index is 441. The fourth-order valence-corrected chi connectivity index (χ4v) is 2.91. The minimum atomic E-state index is -0.886. The van der Waals surface area contributed by atoms with Crippen molar-refractivity contribution in [1.29, 1.82) is 0 Å². The van der Waals surface area contributed by atoms with Crippen LogP contribution < -0.4 is 16.6 Å². The molecule has 1 fully saturated rings. The number of amides is 1. The third-order valence-corrected chi connectivity index (χ3v) is 3.88. The molecule has 0 spiro atoms. The Hall–Kier alpha value is -1.34. The molecule has 1 unspecified atom stereocenters. The zero-order chi connectivity index (χ0) is 13.1. The maximum atomic E-state index is 13.4. The van der Waals surface area contributed by atoms with Gasteiger partial charge in [-0.3, -0.25) is 10.6 Å². The van der Waals surface area contributed by atoms with E-state index in [2.05, 4.69) is 5.32 Å². The van der Waals surface area contributed by atoms with Crippen LogP contribution in [0.4, 0.5) is 14.5 Å². The Balaban J connectivity index is 2.15. The second-order valence-electron chi connectivity index (χ2n) is 3.99. The molecule has 1 aliphatic rings. The molecule has 1 heterocycles. The SMILES string of the molecule is NNc1c(F)cc(C(=O)NC2CCSC2)cc1F. The Kier molecular flexibility index (Phi) is 4.03. The predicted molar refractivity (Wildman–Crippen MR) is 67.4 cm³/mol. The van der Waals surface area contributed by atoms with Gasteiger partial charge < -0.3 is 10.7 Å². The second-order valence-corrected chi connectivity index (χ2v) is 5.14. The van der Waals surface area contributed by atoms with Crippen LogP contribution in [-0.4, -0.2) is 23.5 Å². The molecule has 0 saturated carbocycles. The van der Waals surface area contributed by atoms with Gasteiger partial charge in [0.05, 0.1) is 0 Å². The van der Waals surface area contributed by atoms with Crippen molar-refractivity contribution in [2.24, 2.45) is 5.84 Å². The number of carbonyl (C=O) groups excluding carboxylic acids is 1. The lowest BCUT2D eigenvalue weighted by molar-refractivity contribution is 0.0940. The fraction of sp³-hybridized carbons (Fsp3) is 0.364. The number of halogens is 2. The number of nitrogens with two attached hydrogens (primary N) is 1. The molecule has 4 nitrogen and oxygen atoms in total. The lowest BCUT2D eigenvalue weighted by Gasteiger charge is -2.12. The first-order chi connectivity index (χ1) is 8.61. The number of hydrazine groups is 1. The van der Waals surface area contributed by atoms with Crippen LogP contribution in [0, 0.1) is 11.6 Å². The lowest BCUT2D eigenvalue weighted by atomic mass is 10.1. The summed E-state index contributed by atoms with van der Waals surface area (Å²) in [5, 5.41) is 2.74. The average Bonchev–Trinajstić information content (AvgIpc) is 2.81. The van der Waals surface area contributed by atoms with Crippen LogP contribution in [0.5, 0.6) is 0 Å². The minimum Gasteiger partial charge on any atom is -0.348 e. The highest BCUT2D eigenvalue weighted by atomic mass is 32.2. The van der Waals surface area contributed by atoms with Crippen LogP contribution in [0.15, 0.2) is 12.1 Å². The Morgan fingerprint density at radius 2 is 2.06 bits per heavy atom. The summed E-state index contributed by atoms with van der Waals surface area (Å²) < 4.78 is 26.8. The van der Waals surface area contributed by atoms with Gasteiger partial charge in [0, 0.05) is 17.4 Å². The van der Waals surface area contributed by atoms with Crippen molar-refractivity contribution in [1.82, 2.24) is 5.32 Å². The smallest absolute Gasteiger partial charge is 0.251 e. The van der Waals surface area contributed by atoms with E-state index < -0.39 is 23.2 Å². The minimum absolute atomic E-state index is 0.0408. The third-order valence-electron chi connectivity index (χ3n) is 2.71. The topological polar surface area (TPSA) is 67.1 Å². The van der Waals surface area contributed by atoms with Gasteiger partial charge in [0.1, 0.15) is 5.69 Å². The number of nitrogen functional groups attached to an aromatic ring is 1. The highest BCUT2D eigenvalue weighted by molar-refractivity contribution is 7.99. The zero-order valence-electron chi connectivity index (χ0n) is 9.50. The first kappa shape index (κ1) is 13.1. The molecule has 1 atom stereocenters. The fourth-order valence-electron chi connectivity index (χ4n) is 1.76. The molecule has 4 N–H and O–H groups in total. The predicted octanol–water partition coefficient (Wildman–Crippen LogP) is 1.49. The number of thioether (sulfide) groups is 1. The summed E-state index contributed by atoms with van der Waals surface area (Å²) >= 11 is 1.74. The van der Waals surface area contributed by atoms with Crippen LogP contribution in [0.2, 0.25) is 0 Å². The van der Waals surface area contributed by atoms with E-state index in [-0.39, 0.29) is 11.6 Å². The van der Waals surface area contributed by atoms with Crippen molar-refractivity contribution in [3.05, 3.63) is 29.3 Å². The summed E-state index contributed by atoms with van der Waals surface area (Å²) in [7, 11) is 0. The number of hydrogen-bond donors (Lipinski definition) is 3. The van der Waals surface area contributed by atoms with Gasteiger partial charge in [-0.1, -0.05) is 0 Å². The van der Waals surface area contributed by atoms with E-state index in [0.717, 1.165) is 30.1 Å². The molecule has 1 aromatic carbocycles. The molecule has 1 aliphatic heterocycles. The third kappa shape index (κ3) is 2.73. The summed E-state index contributed by atoms with van der Waals surface area (Å²) in [6.07, 6.45) is 0.879. The molecule has 0 bridgehead atoms. The Morgan fingerprint density at radius 1 is 1.39 bits per heavy atom. The van der Waals surface area contributed by atoms with E-state index in [4.69, 9.17) is 5.84 Å². The zero-order valence-corrected chi connectivity index (χ0v) is 10.3. The van der Waals surface area contributed by atoms with Crippen molar-refractivity contribution in [2.75, 3.05) is 16.9 Å². The van der Waals surface area contributed by atoms with E-state index in [1.807, 2.05) is 5.43 Å². The molecule has 1 aromatic rings. The van der Waals surface area contributed by atoms with Gasteiger partial charge in [0.15, 0.2) is 11.6 Å². The number of hydrogen-bond acceptors (Lipinski definition) is 4. The van der Waals surface area contributed by atoms with E-state index in [0.29, 0.717) is 0 Å². The molecule has 2 rings (SSSR count). The van der Waals surface area contributed by atoms with Crippen LogP contribution in [0.1, 0.15) is 16.8 Å². The molecule has 0 aromatic heterocycles. The van der Waals surface area contributed by atoms with E-state index >= 15 is 0 Å². The standard InChI is InChI=1S/C11H13F2N3OS/c12-8-3-6(4-9(13)10(8)16-14)11(17)15-7-1-2-18-5-7/h3-4,7,16H,1-2,5,14H2,(H,15,17). The normalized spacial score (nSPS) is 18.7. The van der Waals surface area contributed by atoms with Crippen molar-refractivity contribution < 1.29 is 13.6 Å². The van der Waals surface area contributed by atoms with E-state index in [9.17, 15) is 13.6 Å². The van der Waals surface area contributed by atoms with Gasteiger partial charge >= 0.3 is 0 Å². The summed E-state index contributed by atoms with van der Waals surface area (Å²) in [5.74, 6) is 4.56. The Labute approximate surface area is 107 Å². The van der Waals surface area contributed by atoms with Gasteiger partial charge in [-0.05, 0) is 24.3 Å². The first-order valence-electron chi connectivity index (χ1n) is 5.46. The molecule has 1 saturated heterocycles. The average molecular weight is 273 g/mol. The van der Waals surface area contributed by atoms with E-state index in [1.54, 1.807) is 11.8 Å². The van der Waals surface area contributed by atoms with Crippen molar-refractivity contribution in [3.8, 4) is 0 Å². The number of rotatable bonds is 3.